The molecule has 0 atom stereocenters. The first-order valence-electron chi connectivity index (χ1n) is 9.16. The first kappa shape index (κ1) is 18.5. The fourth-order valence-corrected chi connectivity index (χ4v) is 3.75. The van der Waals surface area contributed by atoms with E-state index in [1.165, 1.54) is 9.13 Å². The van der Waals surface area contributed by atoms with Crippen molar-refractivity contribution in [2.24, 2.45) is 12.1 Å². The molecule has 8 nitrogen and oxygen atoms in total. The molecule has 0 aliphatic carbocycles. The molecular formula is C19H21ClN6O2. The molecule has 3 heterocycles. The summed E-state index contributed by atoms with van der Waals surface area (Å²) >= 11 is 6.05. The highest BCUT2D eigenvalue weighted by Crippen LogP contribution is 2.23. The smallest absolute Gasteiger partial charge is 0.297 e. The highest BCUT2D eigenvalue weighted by molar-refractivity contribution is 6.30. The number of rotatable bonds is 4. The summed E-state index contributed by atoms with van der Waals surface area (Å²) in [5.74, 6) is 0.593. The molecule has 1 aliphatic rings. The van der Waals surface area contributed by atoms with Crippen LogP contribution in [0.25, 0.3) is 11.2 Å². The number of hydrazone groups is 1. The third-order valence-electron chi connectivity index (χ3n) is 4.79. The van der Waals surface area contributed by atoms with Crippen molar-refractivity contribution >= 4 is 34.4 Å². The van der Waals surface area contributed by atoms with Gasteiger partial charge in [-0.2, -0.15) is 10.1 Å². The molecule has 0 amide bonds. The number of aryl methyl sites for hydroxylation is 1. The van der Waals surface area contributed by atoms with Crippen LogP contribution in [-0.2, 0) is 20.1 Å². The van der Waals surface area contributed by atoms with Crippen LogP contribution >= 0.6 is 11.6 Å². The van der Waals surface area contributed by atoms with Crippen LogP contribution in [0.1, 0.15) is 25.8 Å². The van der Waals surface area contributed by atoms with E-state index in [4.69, 9.17) is 11.6 Å². The summed E-state index contributed by atoms with van der Waals surface area (Å²) in [4.78, 5) is 30.8. The Labute approximate surface area is 166 Å². The minimum atomic E-state index is -0.410. The lowest BCUT2D eigenvalue weighted by atomic mass is 10.2. The van der Waals surface area contributed by atoms with Crippen LogP contribution in [0.2, 0.25) is 5.02 Å². The van der Waals surface area contributed by atoms with Gasteiger partial charge in [0.1, 0.15) is 0 Å². The monoisotopic (exact) mass is 400 g/mol. The average Bonchev–Trinajstić information content (AvgIpc) is 3.03. The van der Waals surface area contributed by atoms with Gasteiger partial charge in [0.2, 0.25) is 5.95 Å². The Morgan fingerprint density at radius 3 is 2.75 bits per heavy atom. The van der Waals surface area contributed by atoms with Crippen LogP contribution in [0, 0.1) is 0 Å². The molecule has 0 fully saturated rings. The van der Waals surface area contributed by atoms with Gasteiger partial charge in [-0.3, -0.25) is 18.5 Å². The lowest BCUT2D eigenvalue weighted by Crippen LogP contribution is -2.40. The molecule has 0 radical (unpaired) electrons. The van der Waals surface area contributed by atoms with E-state index in [0.717, 1.165) is 17.7 Å². The number of hydrogen-bond donors (Lipinski definition) is 0. The number of imidazole rings is 1. The number of anilines is 1. The second-order valence-corrected chi connectivity index (χ2v) is 7.43. The summed E-state index contributed by atoms with van der Waals surface area (Å²) in [6.45, 7) is 5.28. The van der Waals surface area contributed by atoms with Gasteiger partial charge in [0, 0.05) is 18.6 Å². The first-order chi connectivity index (χ1) is 13.4. The quantitative estimate of drug-likeness (QED) is 0.672. The van der Waals surface area contributed by atoms with E-state index in [1.54, 1.807) is 30.3 Å². The average molecular weight is 401 g/mol. The zero-order valence-electron chi connectivity index (χ0n) is 16.0. The largest absolute Gasteiger partial charge is 0.332 e. The lowest BCUT2D eigenvalue weighted by Gasteiger charge is -2.24. The van der Waals surface area contributed by atoms with Gasteiger partial charge in [0.15, 0.2) is 11.2 Å². The van der Waals surface area contributed by atoms with Crippen LogP contribution < -0.4 is 16.3 Å². The Hall–Kier alpha value is -2.87. The third kappa shape index (κ3) is 2.93. The van der Waals surface area contributed by atoms with Crippen molar-refractivity contribution in [1.82, 2.24) is 18.7 Å². The summed E-state index contributed by atoms with van der Waals surface area (Å²) in [5, 5.41) is 6.90. The molecule has 0 saturated heterocycles. The van der Waals surface area contributed by atoms with E-state index in [1.807, 2.05) is 17.6 Å². The van der Waals surface area contributed by atoms with Crippen LogP contribution in [0.3, 0.4) is 0 Å². The Balaban J connectivity index is 1.94. The van der Waals surface area contributed by atoms with Gasteiger partial charge in [-0.1, -0.05) is 30.7 Å². The Bertz CT molecular complexity index is 1220. The van der Waals surface area contributed by atoms with E-state index >= 15 is 0 Å². The van der Waals surface area contributed by atoms with Crippen LogP contribution in [0.5, 0.6) is 0 Å². The summed E-state index contributed by atoms with van der Waals surface area (Å²) < 4.78 is 4.50. The minimum absolute atomic E-state index is 0.147. The highest BCUT2D eigenvalue weighted by atomic mass is 35.5. The molecule has 9 heteroatoms. The molecule has 1 aliphatic heterocycles. The van der Waals surface area contributed by atoms with Crippen LogP contribution in [0.4, 0.5) is 5.95 Å². The maximum Gasteiger partial charge on any atom is 0.332 e. The standard InChI is InChI=1S/C19H21ClN6O2/c1-4-8-26-18-21-16-15(24(18)10-12(2)22-26)17(27)25(19(28)23(16)3)11-13-6-5-7-14(20)9-13/h5-7,9H,4,8,10-11H2,1-3H3. The Morgan fingerprint density at radius 1 is 1.25 bits per heavy atom. The van der Waals surface area contributed by atoms with Gasteiger partial charge < -0.3 is 0 Å². The van der Waals surface area contributed by atoms with Crippen molar-refractivity contribution in [2.75, 3.05) is 11.6 Å². The molecule has 4 rings (SSSR count). The topological polar surface area (TPSA) is 77.4 Å². The molecule has 3 aromatic rings. The minimum Gasteiger partial charge on any atom is -0.297 e. The van der Waals surface area contributed by atoms with Crippen LogP contribution in [0.15, 0.2) is 39.0 Å². The second kappa shape index (κ2) is 6.94. The van der Waals surface area contributed by atoms with Gasteiger partial charge in [-0.05, 0) is 31.0 Å². The molecule has 1 aromatic carbocycles. The van der Waals surface area contributed by atoms with E-state index in [0.29, 0.717) is 35.2 Å². The molecule has 0 bridgehead atoms. The maximum absolute atomic E-state index is 13.3. The van der Waals surface area contributed by atoms with Crippen molar-refractivity contribution in [1.29, 1.82) is 0 Å². The molecule has 2 aromatic heterocycles. The molecular weight excluding hydrogens is 380 g/mol. The summed E-state index contributed by atoms with van der Waals surface area (Å²) in [5.41, 5.74) is 1.69. The van der Waals surface area contributed by atoms with Crippen molar-refractivity contribution < 1.29 is 0 Å². The van der Waals surface area contributed by atoms with Gasteiger partial charge in [-0.25, -0.2) is 9.80 Å². The number of hydrogen-bond acceptors (Lipinski definition) is 5. The number of benzene rings is 1. The molecule has 0 spiro atoms. The second-order valence-electron chi connectivity index (χ2n) is 6.99. The zero-order chi connectivity index (χ0) is 20.0. The van der Waals surface area contributed by atoms with Gasteiger partial charge in [0.25, 0.3) is 5.56 Å². The van der Waals surface area contributed by atoms with Crippen molar-refractivity contribution in [3.63, 3.8) is 0 Å². The number of aromatic nitrogens is 4. The summed E-state index contributed by atoms with van der Waals surface area (Å²) in [6, 6.07) is 7.15. The normalized spacial score (nSPS) is 13.7. The van der Waals surface area contributed by atoms with E-state index in [2.05, 4.69) is 17.0 Å². The Morgan fingerprint density at radius 2 is 2.04 bits per heavy atom. The molecule has 0 saturated carbocycles. The number of fused-ring (bicyclic) bond motifs is 3. The van der Waals surface area contributed by atoms with Gasteiger partial charge in [0.05, 0.1) is 18.8 Å². The molecule has 0 N–H and O–H groups in total. The fourth-order valence-electron chi connectivity index (χ4n) is 3.54. The number of nitrogens with zero attached hydrogens (tertiary/aromatic N) is 6. The molecule has 28 heavy (non-hydrogen) atoms. The third-order valence-corrected chi connectivity index (χ3v) is 5.02. The van der Waals surface area contributed by atoms with E-state index < -0.39 is 5.69 Å². The van der Waals surface area contributed by atoms with Crippen molar-refractivity contribution in [2.45, 2.75) is 33.4 Å². The SMILES string of the molecule is CCCN1N=C(C)Cn2c1nc1c2c(=O)n(Cc2cccc(Cl)c2)c(=O)n1C. The predicted octanol–water partition coefficient (Wildman–Crippen LogP) is 2.20. The van der Waals surface area contributed by atoms with Gasteiger partial charge >= 0.3 is 5.69 Å². The number of halogens is 1. The summed E-state index contributed by atoms with van der Waals surface area (Å²) in [7, 11) is 1.63. The predicted molar refractivity (Wildman–Crippen MR) is 111 cm³/mol. The highest BCUT2D eigenvalue weighted by Gasteiger charge is 2.26. The maximum atomic E-state index is 13.3. The Kier molecular flexibility index (Phi) is 4.58. The fraction of sp³-hybridized carbons (Fsp3) is 0.368. The van der Waals surface area contributed by atoms with E-state index in [-0.39, 0.29) is 12.1 Å². The van der Waals surface area contributed by atoms with Gasteiger partial charge in [-0.15, -0.1) is 0 Å². The summed E-state index contributed by atoms with van der Waals surface area (Å²) in [6.07, 6.45) is 0.887. The van der Waals surface area contributed by atoms with Crippen molar-refractivity contribution in [3.8, 4) is 0 Å². The van der Waals surface area contributed by atoms with E-state index in [9.17, 15) is 9.59 Å². The molecule has 146 valence electrons. The first-order valence-corrected chi connectivity index (χ1v) is 9.54. The van der Waals surface area contributed by atoms with Crippen molar-refractivity contribution in [3.05, 3.63) is 55.7 Å². The van der Waals surface area contributed by atoms with Crippen LogP contribution in [-0.4, -0.2) is 30.9 Å². The molecule has 0 unspecified atom stereocenters. The zero-order valence-corrected chi connectivity index (χ0v) is 16.8. The lowest BCUT2D eigenvalue weighted by molar-refractivity contribution is 0.653.